The van der Waals surface area contributed by atoms with Crippen molar-refractivity contribution in [1.29, 1.82) is 0 Å². The number of amides is 1. The van der Waals surface area contributed by atoms with Crippen LogP contribution in [0.4, 0.5) is 0 Å². The number of hydrogen-bond donors (Lipinski definition) is 3. The van der Waals surface area contributed by atoms with Gasteiger partial charge < -0.3 is 15.5 Å². The van der Waals surface area contributed by atoms with Crippen LogP contribution in [0.2, 0.25) is 0 Å². The summed E-state index contributed by atoms with van der Waals surface area (Å²) in [5.41, 5.74) is 0. The molecule has 0 aromatic heterocycles. The molecular weight excluding hydrogens is 711 g/mol. The van der Waals surface area contributed by atoms with Crippen molar-refractivity contribution in [2.45, 2.75) is 321 Å². The van der Waals surface area contributed by atoms with Gasteiger partial charge in [-0.3, -0.25) is 4.79 Å². The zero-order chi connectivity index (χ0) is 42.1. The Bertz CT molecular complexity index is 799. The highest BCUT2D eigenvalue weighted by Crippen LogP contribution is 2.18. The molecule has 4 heteroatoms. The molecule has 2 unspecified atom stereocenters. The predicted molar refractivity (Wildman–Crippen MR) is 258 cm³/mol. The van der Waals surface area contributed by atoms with Crippen LogP contribution in [0.3, 0.4) is 0 Å². The van der Waals surface area contributed by atoms with Crippen molar-refractivity contribution in [3.63, 3.8) is 0 Å². The van der Waals surface area contributed by atoms with Crippen molar-refractivity contribution >= 4 is 5.91 Å². The van der Waals surface area contributed by atoms with Crippen molar-refractivity contribution in [2.24, 2.45) is 0 Å². The molecule has 0 aromatic rings. The van der Waals surface area contributed by atoms with Crippen LogP contribution in [0.25, 0.3) is 0 Å². The van der Waals surface area contributed by atoms with Gasteiger partial charge in [0.2, 0.25) is 5.91 Å². The number of unbranched alkanes of at least 4 members (excludes halogenated alkanes) is 41. The SMILES string of the molecule is CCCCCCCC/C=C\CCCCCCCCCC(=O)NC(CO)C(O)CCCCCCCCCCCCCCCCCCCCCCCCCCCCCCC. The molecule has 0 rings (SSSR count). The predicted octanol–water partition coefficient (Wildman–Crippen LogP) is 17.4. The third kappa shape index (κ3) is 46.2. The summed E-state index contributed by atoms with van der Waals surface area (Å²) >= 11 is 0. The quantitative estimate of drug-likeness (QED) is 0.0423. The van der Waals surface area contributed by atoms with Crippen molar-refractivity contribution in [3.8, 4) is 0 Å². The maximum atomic E-state index is 12.4. The summed E-state index contributed by atoms with van der Waals surface area (Å²) in [5.74, 6) is -0.0311. The molecule has 3 N–H and O–H groups in total. The van der Waals surface area contributed by atoms with Gasteiger partial charge in [0.25, 0.3) is 0 Å². The van der Waals surface area contributed by atoms with Gasteiger partial charge in [0.05, 0.1) is 18.8 Å². The summed E-state index contributed by atoms with van der Waals surface area (Å²) in [6, 6.07) is -0.536. The molecule has 0 aromatic carbocycles. The summed E-state index contributed by atoms with van der Waals surface area (Å²) in [5, 5.41) is 23.3. The molecule has 2 atom stereocenters. The van der Waals surface area contributed by atoms with E-state index in [1.807, 2.05) is 0 Å². The summed E-state index contributed by atoms with van der Waals surface area (Å²) in [7, 11) is 0. The minimum absolute atomic E-state index is 0.0311. The van der Waals surface area contributed by atoms with E-state index in [0.717, 1.165) is 25.7 Å². The van der Waals surface area contributed by atoms with Gasteiger partial charge in [-0.05, 0) is 38.5 Å². The summed E-state index contributed by atoms with van der Waals surface area (Å²) in [6.07, 6.45) is 64.8. The molecule has 0 heterocycles. The highest BCUT2D eigenvalue weighted by molar-refractivity contribution is 5.76. The summed E-state index contributed by atoms with van der Waals surface area (Å²) in [6.45, 7) is 4.38. The van der Waals surface area contributed by atoms with E-state index in [4.69, 9.17) is 0 Å². The molecule has 0 bridgehead atoms. The van der Waals surface area contributed by atoms with Crippen LogP contribution < -0.4 is 5.32 Å². The number of rotatable bonds is 50. The first-order valence-electron chi connectivity index (χ1n) is 26.9. The molecule has 0 fully saturated rings. The van der Waals surface area contributed by atoms with Gasteiger partial charge in [-0.25, -0.2) is 0 Å². The van der Waals surface area contributed by atoms with Crippen LogP contribution in [0.1, 0.15) is 309 Å². The van der Waals surface area contributed by atoms with Gasteiger partial charge in [-0.1, -0.05) is 276 Å². The number of aliphatic hydroxyl groups excluding tert-OH is 2. The van der Waals surface area contributed by atoms with E-state index in [9.17, 15) is 15.0 Å². The Morgan fingerprint density at radius 1 is 0.397 bits per heavy atom. The standard InChI is InChI=1S/C54H107NO3/c1-3-5-7-9-11-13-15-17-19-21-22-23-24-25-26-27-28-29-30-31-32-34-35-37-39-41-43-45-47-49-53(57)52(51-56)55-54(58)50-48-46-44-42-40-38-36-33-20-18-16-14-12-10-8-6-4-2/h18,20,52-53,56-57H,3-17,19,21-51H2,1-2H3,(H,55,58)/b20-18-. The smallest absolute Gasteiger partial charge is 0.220 e. The Morgan fingerprint density at radius 2 is 0.655 bits per heavy atom. The summed E-state index contributed by atoms with van der Waals surface area (Å²) in [4.78, 5) is 12.4. The Kier molecular flexibility index (Phi) is 49.7. The fraction of sp³-hybridized carbons (Fsp3) is 0.944. The van der Waals surface area contributed by atoms with Gasteiger partial charge in [0.15, 0.2) is 0 Å². The van der Waals surface area contributed by atoms with Crippen LogP contribution in [0, 0.1) is 0 Å². The molecule has 0 saturated carbocycles. The molecule has 0 spiro atoms. The first-order valence-corrected chi connectivity index (χ1v) is 26.9. The average molecular weight is 818 g/mol. The second-order valence-corrected chi connectivity index (χ2v) is 18.7. The number of nitrogens with one attached hydrogen (secondary N) is 1. The van der Waals surface area contributed by atoms with E-state index in [2.05, 4.69) is 31.3 Å². The lowest BCUT2D eigenvalue weighted by Gasteiger charge is -2.22. The third-order valence-corrected chi connectivity index (χ3v) is 12.8. The number of aliphatic hydroxyl groups is 2. The van der Waals surface area contributed by atoms with E-state index in [0.29, 0.717) is 12.8 Å². The molecular formula is C54H107NO3. The van der Waals surface area contributed by atoms with Gasteiger partial charge >= 0.3 is 0 Å². The zero-order valence-corrected chi connectivity index (χ0v) is 39.8. The second kappa shape index (κ2) is 50.5. The topological polar surface area (TPSA) is 69.6 Å². The molecule has 0 radical (unpaired) electrons. The maximum absolute atomic E-state index is 12.4. The van der Waals surface area contributed by atoms with E-state index < -0.39 is 12.1 Å². The minimum Gasteiger partial charge on any atom is -0.394 e. The molecule has 0 aliphatic rings. The van der Waals surface area contributed by atoms with Crippen LogP contribution in [-0.2, 0) is 4.79 Å². The lowest BCUT2D eigenvalue weighted by molar-refractivity contribution is -0.123. The maximum Gasteiger partial charge on any atom is 0.220 e. The molecule has 4 nitrogen and oxygen atoms in total. The number of hydrogen-bond acceptors (Lipinski definition) is 3. The fourth-order valence-electron chi connectivity index (χ4n) is 8.65. The minimum atomic E-state index is -0.659. The molecule has 1 amide bonds. The van der Waals surface area contributed by atoms with Crippen LogP contribution >= 0.6 is 0 Å². The van der Waals surface area contributed by atoms with Crippen LogP contribution in [0.15, 0.2) is 12.2 Å². The van der Waals surface area contributed by atoms with Gasteiger partial charge in [-0.15, -0.1) is 0 Å². The highest BCUT2D eigenvalue weighted by atomic mass is 16.3. The fourth-order valence-corrected chi connectivity index (χ4v) is 8.65. The lowest BCUT2D eigenvalue weighted by atomic mass is 10.0. The van der Waals surface area contributed by atoms with Crippen molar-refractivity contribution < 1.29 is 15.0 Å². The van der Waals surface area contributed by atoms with Gasteiger partial charge in [0, 0.05) is 6.42 Å². The Morgan fingerprint density at radius 3 is 0.948 bits per heavy atom. The zero-order valence-electron chi connectivity index (χ0n) is 39.8. The lowest BCUT2D eigenvalue weighted by Crippen LogP contribution is -2.45. The van der Waals surface area contributed by atoms with Gasteiger partial charge in [0.1, 0.15) is 0 Å². The number of carbonyl (C=O) groups is 1. The molecule has 0 aliphatic heterocycles. The van der Waals surface area contributed by atoms with E-state index in [-0.39, 0.29) is 12.5 Å². The van der Waals surface area contributed by atoms with Crippen LogP contribution in [-0.4, -0.2) is 34.9 Å². The first kappa shape index (κ1) is 57.1. The van der Waals surface area contributed by atoms with Crippen molar-refractivity contribution in [1.82, 2.24) is 5.32 Å². The van der Waals surface area contributed by atoms with Crippen LogP contribution in [0.5, 0.6) is 0 Å². The third-order valence-electron chi connectivity index (χ3n) is 12.8. The van der Waals surface area contributed by atoms with Crippen molar-refractivity contribution in [3.05, 3.63) is 12.2 Å². The van der Waals surface area contributed by atoms with E-state index in [1.165, 1.54) is 257 Å². The largest absolute Gasteiger partial charge is 0.394 e. The number of carbonyl (C=O) groups excluding carboxylic acids is 1. The number of allylic oxidation sites excluding steroid dienone is 2. The normalized spacial score (nSPS) is 12.8. The van der Waals surface area contributed by atoms with E-state index in [1.54, 1.807) is 0 Å². The highest BCUT2D eigenvalue weighted by Gasteiger charge is 2.20. The Balaban J connectivity index is 3.41. The molecule has 58 heavy (non-hydrogen) atoms. The average Bonchev–Trinajstić information content (AvgIpc) is 3.23. The Labute approximate surface area is 365 Å². The second-order valence-electron chi connectivity index (χ2n) is 18.7. The Hall–Kier alpha value is -0.870. The van der Waals surface area contributed by atoms with E-state index >= 15 is 0 Å². The molecule has 346 valence electrons. The first-order chi connectivity index (χ1) is 28.7. The molecule has 0 aliphatic carbocycles. The van der Waals surface area contributed by atoms with Crippen molar-refractivity contribution in [2.75, 3.05) is 6.61 Å². The summed E-state index contributed by atoms with van der Waals surface area (Å²) < 4.78 is 0. The monoisotopic (exact) mass is 818 g/mol. The molecule has 0 saturated heterocycles. The van der Waals surface area contributed by atoms with Gasteiger partial charge in [-0.2, -0.15) is 0 Å².